The first-order valence-electron chi connectivity index (χ1n) is 12.5. The predicted octanol–water partition coefficient (Wildman–Crippen LogP) is 3.33. The van der Waals surface area contributed by atoms with Crippen molar-refractivity contribution in [2.24, 2.45) is 11.3 Å². The molecule has 11 heteroatoms. The number of amides is 3. The van der Waals surface area contributed by atoms with Gasteiger partial charge in [-0.15, -0.1) is 0 Å². The number of esters is 1. The summed E-state index contributed by atoms with van der Waals surface area (Å²) in [6, 6.07) is 2.96. The molecule has 0 saturated carbocycles. The van der Waals surface area contributed by atoms with Crippen molar-refractivity contribution in [3.63, 3.8) is 0 Å². The van der Waals surface area contributed by atoms with Crippen LogP contribution in [-0.4, -0.2) is 60.5 Å². The Morgan fingerprint density at radius 2 is 1.84 bits per heavy atom. The molecule has 1 fully saturated rings. The van der Waals surface area contributed by atoms with E-state index in [9.17, 15) is 19.2 Å². The number of carbonyl (C=O) groups excluding carboxylic acids is 4. The number of carbonyl (C=O) groups is 4. The second kappa shape index (κ2) is 11.2. The first-order chi connectivity index (χ1) is 17.6. The van der Waals surface area contributed by atoms with E-state index in [4.69, 9.17) is 21.1 Å². The molecule has 208 valence electrons. The van der Waals surface area contributed by atoms with Gasteiger partial charge in [0, 0.05) is 16.8 Å². The average molecular weight is 549 g/mol. The molecule has 4 N–H and O–H groups in total. The number of rotatable bonds is 9. The minimum absolute atomic E-state index is 0.0875. The first-order valence-corrected chi connectivity index (χ1v) is 12.9. The molecule has 2 heterocycles. The summed E-state index contributed by atoms with van der Waals surface area (Å²) < 4.78 is 10.3. The lowest BCUT2D eigenvalue weighted by Crippen LogP contribution is -2.53. The normalized spacial score (nSPS) is 18.4. The second-order valence-electron chi connectivity index (χ2n) is 11.6. The SMILES string of the molecule is COC(=O)[C@H](C[C@@H]1CC(C)(C)NC1=O)NC(=O)[C@H](CC(C)(C)C)NC(=O)c1cc2c(OC)ccc(Cl)c2[nH]1. The Morgan fingerprint density at radius 3 is 2.39 bits per heavy atom. The summed E-state index contributed by atoms with van der Waals surface area (Å²) in [6.07, 6.45) is 0.896. The van der Waals surface area contributed by atoms with Crippen LogP contribution in [0.4, 0.5) is 0 Å². The van der Waals surface area contributed by atoms with E-state index in [1.807, 2.05) is 34.6 Å². The molecule has 3 atom stereocenters. The number of fused-ring (bicyclic) bond motifs is 1. The third-order valence-corrected chi connectivity index (χ3v) is 6.83. The molecule has 10 nitrogen and oxygen atoms in total. The second-order valence-corrected chi connectivity index (χ2v) is 12.0. The van der Waals surface area contributed by atoms with E-state index >= 15 is 0 Å². The molecule has 3 amide bonds. The van der Waals surface area contributed by atoms with Crippen molar-refractivity contribution in [3.8, 4) is 5.75 Å². The van der Waals surface area contributed by atoms with Gasteiger partial charge in [0.2, 0.25) is 11.8 Å². The number of halogens is 1. The summed E-state index contributed by atoms with van der Waals surface area (Å²) in [5.74, 6) is -1.82. The average Bonchev–Trinajstić information content (AvgIpc) is 3.38. The Balaban J connectivity index is 1.82. The molecule has 0 radical (unpaired) electrons. The van der Waals surface area contributed by atoms with Crippen molar-refractivity contribution >= 4 is 46.2 Å². The molecule has 1 aliphatic heterocycles. The Bertz CT molecular complexity index is 1230. The number of aromatic nitrogens is 1. The van der Waals surface area contributed by atoms with Gasteiger partial charge in [0.15, 0.2) is 0 Å². The highest BCUT2D eigenvalue weighted by Gasteiger charge is 2.41. The molecule has 1 aromatic carbocycles. The van der Waals surface area contributed by atoms with Crippen LogP contribution in [0.1, 0.15) is 64.4 Å². The van der Waals surface area contributed by atoms with E-state index in [-0.39, 0.29) is 23.4 Å². The largest absolute Gasteiger partial charge is 0.496 e. The molecule has 1 saturated heterocycles. The lowest BCUT2D eigenvalue weighted by Gasteiger charge is -2.28. The van der Waals surface area contributed by atoms with Crippen LogP contribution in [0.3, 0.4) is 0 Å². The number of benzene rings is 1. The van der Waals surface area contributed by atoms with Crippen LogP contribution in [0.15, 0.2) is 18.2 Å². The van der Waals surface area contributed by atoms with Crippen molar-refractivity contribution in [1.29, 1.82) is 0 Å². The van der Waals surface area contributed by atoms with Crippen molar-refractivity contribution in [2.45, 2.75) is 71.5 Å². The van der Waals surface area contributed by atoms with E-state index in [0.717, 1.165) is 0 Å². The maximum atomic E-state index is 13.4. The van der Waals surface area contributed by atoms with Crippen molar-refractivity contribution in [2.75, 3.05) is 14.2 Å². The van der Waals surface area contributed by atoms with Gasteiger partial charge < -0.3 is 30.4 Å². The Labute approximate surface area is 227 Å². The molecular weight excluding hydrogens is 512 g/mol. The highest BCUT2D eigenvalue weighted by molar-refractivity contribution is 6.35. The Hall–Kier alpha value is -3.27. The zero-order valence-corrected chi connectivity index (χ0v) is 23.7. The van der Waals surface area contributed by atoms with Crippen molar-refractivity contribution in [3.05, 3.63) is 28.9 Å². The predicted molar refractivity (Wildman–Crippen MR) is 144 cm³/mol. The Morgan fingerprint density at radius 1 is 1.16 bits per heavy atom. The van der Waals surface area contributed by atoms with Crippen LogP contribution in [0.2, 0.25) is 5.02 Å². The monoisotopic (exact) mass is 548 g/mol. The summed E-state index contributed by atoms with van der Waals surface area (Å²) in [5, 5.41) is 9.45. The number of H-pyrrole nitrogens is 1. The zero-order valence-electron chi connectivity index (χ0n) is 22.9. The molecule has 1 aliphatic rings. The van der Waals surface area contributed by atoms with E-state index < -0.39 is 41.3 Å². The first kappa shape index (κ1) is 29.3. The van der Waals surface area contributed by atoms with E-state index in [0.29, 0.717) is 34.5 Å². The highest BCUT2D eigenvalue weighted by atomic mass is 35.5. The summed E-state index contributed by atoms with van der Waals surface area (Å²) in [4.78, 5) is 54.7. The van der Waals surface area contributed by atoms with Crippen LogP contribution in [0.5, 0.6) is 5.75 Å². The fourth-order valence-corrected chi connectivity index (χ4v) is 5.03. The number of hydrogen-bond acceptors (Lipinski definition) is 6. The number of hydrogen-bond donors (Lipinski definition) is 4. The van der Waals surface area contributed by atoms with Gasteiger partial charge in [-0.25, -0.2) is 4.79 Å². The van der Waals surface area contributed by atoms with E-state index in [2.05, 4.69) is 20.9 Å². The van der Waals surface area contributed by atoms with Gasteiger partial charge in [-0.3, -0.25) is 14.4 Å². The fraction of sp³-hybridized carbons (Fsp3) is 0.556. The number of aromatic amines is 1. The summed E-state index contributed by atoms with van der Waals surface area (Å²) in [6.45, 7) is 9.62. The van der Waals surface area contributed by atoms with Crippen LogP contribution in [-0.2, 0) is 19.1 Å². The third-order valence-electron chi connectivity index (χ3n) is 6.52. The molecule has 0 aliphatic carbocycles. The fourth-order valence-electron chi connectivity index (χ4n) is 4.82. The Kier molecular flexibility index (Phi) is 8.65. The molecule has 0 unspecified atom stereocenters. The topological polar surface area (TPSA) is 139 Å². The number of methoxy groups -OCH3 is 2. The third kappa shape index (κ3) is 6.98. The lowest BCUT2D eigenvalue weighted by molar-refractivity contribution is -0.146. The molecule has 2 aromatic rings. The van der Waals surface area contributed by atoms with Crippen LogP contribution in [0.25, 0.3) is 10.9 Å². The van der Waals surface area contributed by atoms with Gasteiger partial charge in [-0.1, -0.05) is 32.4 Å². The highest BCUT2D eigenvalue weighted by Crippen LogP contribution is 2.32. The van der Waals surface area contributed by atoms with Crippen molar-refractivity contribution < 1.29 is 28.7 Å². The van der Waals surface area contributed by atoms with Crippen LogP contribution in [0, 0.1) is 11.3 Å². The van der Waals surface area contributed by atoms with Gasteiger partial charge in [-0.2, -0.15) is 0 Å². The van der Waals surface area contributed by atoms with Crippen molar-refractivity contribution in [1.82, 2.24) is 20.9 Å². The molecular formula is C27H37ClN4O6. The molecule has 3 rings (SSSR count). The standard InChI is InChI=1S/C27H37ClN4O6/c1-26(2,3)13-19(31-23(34)17-11-15-20(37-6)9-8-16(28)21(15)29-17)24(35)30-18(25(36)38-7)10-14-12-27(4,5)32-22(14)33/h8-9,11,14,18-19,29H,10,12-13H2,1-7H3,(H,30,35)(H,31,34)(H,32,33)/t14-,18+,19+/m1/s1. The number of nitrogens with one attached hydrogen (secondary N) is 4. The minimum Gasteiger partial charge on any atom is -0.496 e. The maximum absolute atomic E-state index is 13.4. The zero-order chi connectivity index (χ0) is 28.4. The van der Waals surface area contributed by atoms with Gasteiger partial charge in [0.25, 0.3) is 5.91 Å². The molecule has 1 aromatic heterocycles. The molecule has 0 bridgehead atoms. The molecule has 0 spiro atoms. The summed E-state index contributed by atoms with van der Waals surface area (Å²) in [5.41, 5.74) is 0.00243. The van der Waals surface area contributed by atoms with Gasteiger partial charge in [-0.05, 0) is 56.7 Å². The molecule has 38 heavy (non-hydrogen) atoms. The van der Waals surface area contributed by atoms with E-state index in [1.54, 1.807) is 18.2 Å². The van der Waals surface area contributed by atoms with Gasteiger partial charge in [0.1, 0.15) is 23.5 Å². The van der Waals surface area contributed by atoms with Crippen LogP contribution >= 0.6 is 11.6 Å². The quantitative estimate of drug-likeness (QED) is 0.355. The van der Waals surface area contributed by atoms with Gasteiger partial charge in [0.05, 0.1) is 24.8 Å². The lowest BCUT2D eigenvalue weighted by atomic mass is 9.87. The summed E-state index contributed by atoms with van der Waals surface area (Å²) >= 11 is 6.29. The summed E-state index contributed by atoms with van der Waals surface area (Å²) in [7, 11) is 2.75. The number of ether oxygens (including phenoxy) is 2. The smallest absolute Gasteiger partial charge is 0.328 e. The van der Waals surface area contributed by atoms with Crippen LogP contribution < -0.4 is 20.7 Å². The van der Waals surface area contributed by atoms with Gasteiger partial charge >= 0.3 is 5.97 Å². The van der Waals surface area contributed by atoms with E-state index in [1.165, 1.54) is 14.2 Å². The maximum Gasteiger partial charge on any atom is 0.328 e. The minimum atomic E-state index is -1.05.